The topological polar surface area (TPSA) is 74.4 Å². The predicted molar refractivity (Wildman–Crippen MR) is 69.5 cm³/mol. The molecule has 1 aromatic rings. The van der Waals surface area contributed by atoms with Crippen molar-refractivity contribution >= 4 is 34.8 Å². The summed E-state index contributed by atoms with van der Waals surface area (Å²) in [6.07, 6.45) is 0.933. The maximum atomic E-state index is 9.11. The van der Waals surface area contributed by atoms with Gasteiger partial charge in [0.25, 0.3) is 0 Å². The molecule has 1 aliphatic heterocycles. The number of nitrogens with two attached hydrogens (primary N) is 1. The zero-order valence-corrected chi connectivity index (χ0v) is 10.7. The molecule has 1 aromatic heterocycles. The van der Waals surface area contributed by atoms with E-state index in [1.807, 2.05) is 4.90 Å². The lowest BCUT2D eigenvalue weighted by molar-refractivity contribution is 0.238. The molecule has 1 atom stereocenters. The Morgan fingerprint density at radius 2 is 2.29 bits per heavy atom. The Morgan fingerprint density at radius 1 is 1.53 bits per heavy atom. The Labute approximate surface area is 109 Å². The van der Waals surface area contributed by atoms with Gasteiger partial charge in [0.05, 0.1) is 10.0 Å². The van der Waals surface area contributed by atoms with Gasteiger partial charge in [-0.2, -0.15) is 0 Å². The van der Waals surface area contributed by atoms with E-state index in [9.17, 15) is 0 Å². The first kappa shape index (κ1) is 12.7. The van der Waals surface area contributed by atoms with Gasteiger partial charge >= 0.3 is 0 Å². The summed E-state index contributed by atoms with van der Waals surface area (Å²) < 4.78 is 0. The van der Waals surface area contributed by atoms with E-state index in [0.717, 1.165) is 19.5 Å². The molecule has 0 amide bonds. The molecular weight excluding hydrogens is 263 g/mol. The molecule has 1 fully saturated rings. The van der Waals surface area contributed by atoms with E-state index in [4.69, 9.17) is 34.2 Å². The molecule has 1 aliphatic rings. The van der Waals surface area contributed by atoms with Gasteiger partial charge in [0.15, 0.2) is 5.82 Å². The third kappa shape index (κ3) is 2.57. The maximum Gasteiger partial charge on any atom is 0.161 e. The Kier molecular flexibility index (Phi) is 3.93. The van der Waals surface area contributed by atoms with Crippen molar-refractivity contribution in [2.75, 3.05) is 30.0 Å². The molecule has 2 heterocycles. The SMILES string of the molecule is NNc1nc(N2CCC(CO)C2)c(Cl)cc1Cl. The Hall–Kier alpha value is -0.750. The summed E-state index contributed by atoms with van der Waals surface area (Å²) in [6, 6.07) is 1.62. The van der Waals surface area contributed by atoms with Crippen LogP contribution in [0.2, 0.25) is 10.0 Å². The molecular formula is C10H14Cl2N4O. The largest absolute Gasteiger partial charge is 0.396 e. The molecule has 0 aromatic carbocycles. The minimum atomic E-state index is 0.184. The van der Waals surface area contributed by atoms with Crippen LogP contribution in [-0.2, 0) is 0 Å². The summed E-state index contributed by atoms with van der Waals surface area (Å²) >= 11 is 12.0. The van der Waals surface area contributed by atoms with Gasteiger partial charge in [-0.3, -0.25) is 0 Å². The van der Waals surface area contributed by atoms with Crippen molar-refractivity contribution in [3.05, 3.63) is 16.1 Å². The van der Waals surface area contributed by atoms with E-state index in [1.165, 1.54) is 0 Å². The van der Waals surface area contributed by atoms with Crippen molar-refractivity contribution in [3.8, 4) is 0 Å². The fourth-order valence-corrected chi connectivity index (χ4v) is 2.49. The van der Waals surface area contributed by atoms with Crippen LogP contribution in [0.4, 0.5) is 11.6 Å². The Morgan fingerprint density at radius 3 is 2.88 bits per heavy atom. The number of nitrogens with one attached hydrogen (secondary N) is 1. The zero-order valence-electron chi connectivity index (χ0n) is 9.16. The van der Waals surface area contributed by atoms with E-state index < -0.39 is 0 Å². The van der Waals surface area contributed by atoms with Gasteiger partial charge in [-0.1, -0.05) is 23.2 Å². The van der Waals surface area contributed by atoms with Crippen molar-refractivity contribution in [2.24, 2.45) is 11.8 Å². The normalized spacial score (nSPS) is 19.8. The van der Waals surface area contributed by atoms with E-state index in [-0.39, 0.29) is 12.5 Å². The van der Waals surface area contributed by atoms with Crippen LogP contribution in [0.3, 0.4) is 0 Å². The lowest BCUT2D eigenvalue weighted by Gasteiger charge is -2.19. The summed E-state index contributed by atoms with van der Waals surface area (Å²) in [4.78, 5) is 6.31. The van der Waals surface area contributed by atoms with Gasteiger partial charge in [-0.15, -0.1) is 0 Å². The Balaban J connectivity index is 2.26. The predicted octanol–water partition coefficient (Wildman–Crippen LogP) is 1.49. The van der Waals surface area contributed by atoms with Gasteiger partial charge in [-0.25, -0.2) is 10.8 Å². The fourth-order valence-electron chi connectivity index (χ4n) is 1.95. The van der Waals surface area contributed by atoms with Crippen LogP contribution in [0.1, 0.15) is 6.42 Å². The van der Waals surface area contributed by atoms with E-state index in [1.54, 1.807) is 6.07 Å². The number of rotatable bonds is 3. The van der Waals surface area contributed by atoms with Gasteiger partial charge < -0.3 is 15.4 Å². The van der Waals surface area contributed by atoms with Crippen LogP contribution in [0, 0.1) is 5.92 Å². The number of aromatic nitrogens is 1. The number of anilines is 2. The second kappa shape index (κ2) is 5.27. The minimum Gasteiger partial charge on any atom is -0.396 e. The average Bonchev–Trinajstić information content (AvgIpc) is 2.78. The van der Waals surface area contributed by atoms with Crippen LogP contribution in [0.15, 0.2) is 6.07 Å². The van der Waals surface area contributed by atoms with Crippen LogP contribution in [0.25, 0.3) is 0 Å². The maximum absolute atomic E-state index is 9.11. The summed E-state index contributed by atoms with van der Waals surface area (Å²) in [7, 11) is 0. The second-order valence-electron chi connectivity index (χ2n) is 4.05. The van der Waals surface area contributed by atoms with Crippen LogP contribution in [0.5, 0.6) is 0 Å². The lowest BCUT2D eigenvalue weighted by Crippen LogP contribution is -2.23. The molecule has 4 N–H and O–H groups in total. The number of hydrogen-bond acceptors (Lipinski definition) is 5. The number of hydrogen-bond donors (Lipinski definition) is 3. The molecule has 0 saturated carbocycles. The first-order valence-electron chi connectivity index (χ1n) is 5.34. The van der Waals surface area contributed by atoms with Crippen LogP contribution < -0.4 is 16.2 Å². The number of nitrogens with zero attached hydrogens (tertiary/aromatic N) is 2. The molecule has 0 spiro atoms. The molecule has 7 heteroatoms. The molecule has 0 bridgehead atoms. The summed E-state index contributed by atoms with van der Waals surface area (Å²) in [5.74, 6) is 6.65. The summed E-state index contributed by atoms with van der Waals surface area (Å²) in [5, 5.41) is 9.99. The first-order valence-corrected chi connectivity index (χ1v) is 6.09. The van der Waals surface area contributed by atoms with Crippen molar-refractivity contribution in [1.29, 1.82) is 0 Å². The number of halogens is 2. The van der Waals surface area contributed by atoms with E-state index in [2.05, 4.69) is 10.4 Å². The Bertz CT molecular complexity index is 416. The molecule has 5 nitrogen and oxygen atoms in total. The third-order valence-corrected chi connectivity index (χ3v) is 3.46. The summed E-state index contributed by atoms with van der Waals surface area (Å²) in [5.41, 5.74) is 2.43. The molecule has 0 aliphatic carbocycles. The van der Waals surface area contributed by atoms with Gasteiger partial charge in [0.2, 0.25) is 0 Å². The second-order valence-corrected chi connectivity index (χ2v) is 4.87. The molecule has 0 radical (unpaired) electrons. The fraction of sp³-hybridized carbons (Fsp3) is 0.500. The monoisotopic (exact) mass is 276 g/mol. The third-order valence-electron chi connectivity index (χ3n) is 2.89. The highest BCUT2D eigenvalue weighted by atomic mass is 35.5. The van der Waals surface area contributed by atoms with Gasteiger partial charge in [0, 0.05) is 25.6 Å². The van der Waals surface area contributed by atoms with Crippen molar-refractivity contribution in [3.63, 3.8) is 0 Å². The molecule has 2 rings (SSSR count). The molecule has 17 heavy (non-hydrogen) atoms. The molecule has 94 valence electrons. The quantitative estimate of drug-likeness (QED) is 0.576. The number of aliphatic hydroxyl groups is 1. The van der Waals surface area contributed by atoms with Crippen LogP contribution in [-0.4, -0.2) is 29.8 Å². The number of nitrogen functional groups attached to an aromatic ring is 1. The number of aliphatic hydroxyl groups excluding tert-OH is 1. The highest BCUT2D eigenvalue weighted by Gasteiger charge is 2.25. The van der Waals surface area contributed by atoms with Crippen molar-refractivity contribution in [2.45, 2.75) is 6.42 Å². The minimum absolute atomic E-state index is 0.184. The lowest BCUT2D eigenvalue weighted by atomic mass is 10.1. The smallest absolute Gasteiger partial charge is 0.161 e. The molecule has 1 saturated heterocycles. The van der Waals surface area contributed by atoms with Crippen molar-refractivity contribution in [1.82, 2.24) is 4.98 Å². The highest BCUT2D eigenvalue weighted by Crippen LogP contribution is 2.33. The van der Waals surface area contributed by atoms with E-state index >= 15 is 0 Å². The number of hydrazine groups is 1. The highest BCUT2D eigenvalue weighted by molar-refractivity contribution is 6.37. The van der Waals surface area contributed by atoms with Gasteiger partial charge in [-0.05, 0) is 12.5 Å². The van der Waals surface area contributed by atoms with Crippen molar-refractivity contribution < 1.29 is 5.11 Å². The summed E-state index contributed by atoms with van der Waals surface area (Å²) in [6.45, 7) is 1.75. The van der Waals surface area contributed by atoms with E-state index in [0.29, 0.717) is 21.7 Å². The van der Waals surface area contributed by atoms with Crippen LogP contribution >= 0.6 is 23.2 Å². The van der Waals surface area contributed by atoms with Gasteiger partial charge in [0.1, 0.15) is 5.82 Å². The first-order chi connectivity index (χ1) is 8.15. The number of pyridine rings is 1. The molecule has 1 unspecified atom stereocenters. The zero-order chi connectivity index (χ0) is 12.4. The average molecular weight is 277 g/mol. The standard InChI is InChI=1S/C10H14Cl2N4O/c11-7-3-8(12)10(14-9(7)15-13)16-2-1-6(4-16)5-17/h3,6,17H,1-2,4-5,13H2,(H,14,15).